The van der Waals surface area contributed by atoms with Crippen LogP contribution in [-0.4, -0.2) is 19.5 Å². The van der Waals surface area contributed by atoms with Crippen molar-refractivity contribution in [2.45, 2.75) is 58.9 Å². The standard InChI is InChI=1S/C21H32N2O.ClH/c1-21(2,3)17-9-12-19(22-14-13-17)23-20(15-5-6-15)16-7-10-18(24-4)11-8-16;/h7-8,10-11,15,17,20H,5-6,9,12-14H2,1-4H3,(H,22,23);1H. The maximum atomic E-state index is 5.29. The van der Waals surface area contributed by atoms with Crippen LogP contribution < -0.4 is 10.1 Å². The topological polar surface area (TPSA) is 33.6 Å². The third kappa shape index (κ3) is 5.37. The molecule has 1 aromatic carbocycles. The lowest BCUT2D eigenvalue weighted by Crippen LogP contribution is -2.30. The Labute approximate surface area is 159 Å². The van der Waals surface area contributed by atoms with Crippen LogP contribution in [0.4, 0.5) is 0 Å². The van der Waals surface area contributed by atoms with Crippen LogP contribution in [-0.2, 0) is 0 Å². The van der Waals surface area contributed by atoms with Gasteiger partial charge in [-0.15, -0.1) is 12.4 Å². The fourth-order valence-electron chi connectivity index (χ4n) is 3.77. The van der Waals surface area contributed by atoms with E-state index in [1.165, 1.54) is 37.1 Å². The normalized spacial score (nSPS) is 22.2. The van der Waals surface area contributed by atoms with Crippen molar-refractivity contribution in [2.24, 2.45) is 22.2 Å². The van der Waals surface area contributed by atoms with Crippen molar-refractivity contribution in [3.63, 3.8) is 0 Å². The Hall–Kier alpha value is -1.22. The van der Waals surface area contributed by atoms with E-state index in [1.54, 1.807) is 7.11 Å². The second kappa shape index (κ2) is 8.44. The highest BCUT2D eigenvalue weighted by Crippen LogP contribution is 2.42. The van der Waals surface area contributed by atoms with Gasteiger partial charge in [0.1, 0.15) is 5.75 Å². The van der Waals surface area contributed by atoms with E-state index in [0.29, 0.717) is 11.5 Å². The van der Waals surface area contributed by atoms with Crippen molar-refractivity contribution in [3.05, 3.63) is 29.8 Å². The zero-order valence-electron chi connectivity index (χ0n) is 16.0. The summed E-state index contributed by atoms with van der Waals surface area (Å²) in [6.45, 7) is 8.05. The molecule has 0 bridgehead atoms. The first kappa shape index (κ1) is 20.1. The van der Waals surface area contributed by atoms with Gasteiger partial charge in [0, 0.05) is 13.0 Å². The number of rotatable bonds is 4. The summed E-state index contributed by atoms with van der Waals surface area (Å²) in [5.74, 6) is 3.66. The van der Waals surface area contributed by atoms with Gasteiger partial charge >= 0.3 is 0 Å². The second-order valence-corrected chi connectivity index (χ2v) is 8.45. The molecule has 0 radical (unpaired) electrons. The predicted molar refractivity (Wildman–Crippen MR) is 108 cm³/mol. The lowest BCUT2D eigenvalue weighted by Gasteiger charge is -2.29. The SMILES string of the molecule is COc1ccc(C(NC2=NCCC(C(C)(C)C)CC2)C2CC2)cc1.Cl. The molecule has 2 atom stereocenters. The van der Waals surface area contributed by atoms with E-state index in [1.807, 2.05) is 0 Å². The molecule has 3 rings (SSSR count). The maximum absolute atomic E-state index is 5.29. The van der Waals surface area contributed by atoms with E-state index in [4.69, 9.17) is 9.73 Å². The highest BCUT2D eigenvalue weighted by molar-refractivity contribution is 5.85. The number of ether oxygens (including phenoxy) is 1. The smallest absolute Gasteiger partial charge is 0.118 e. The van der Waals surface area contributed by atoms with Gasteiger partial charge in [0.2, 0.25) is 0 Å². The molecule has 1 aromatic rings. The minimum atomic E-state index is 0. The summed E-state index contributed by atoms with van der Waals surface area (Å²) in [7, 11) is 1.72. The van der Waals surface area contributed by atoms with E-state index in [2.05, 4.69) is 50.4 Å². The monoisotopic (exact) mass is 364 g/mol. The van der Waals surface area contributed by atoms with Crippen LogP contribution in [0.25, 0.3) is 0 Å². The first-order valence-corrected chi connectivity index (χ1v) is 9.41. The Morgan fingerprint density at radius 2 is 1.76 bits per heavy atom. The fourth-order valence-corrected chi connectivity index (χ4v) is 3.77. The molecule has 0 saturated heterocycles. The summed E-state index contributed by atoms with van der Waals surface area (Å²) in [5.41, 5.74) is 1.74. The molecule has 2 unspecified atom stereocenters. The van der Waals surface area contributed by atoms with Crippen LogP contribution in [0.15, 0.2) is 29.3 Å². The summed E-state index contributed by atoms with van der Waals surface area (Å²) in [6, 6.07) is 8.93. The van der Waals surface area contributed by atoms with Crippen LogP contribution in [0.3, 0.4) is 0 Å². The number of benzene rings is 1. The molecule has 0 amide bonds. The molecule has 0 aromatic heterocycles. The summed E-state index contributed by atoms with van der Waals surface area (Å²) in [4.78, 5) is 4.88. The van der Waals surface area contributed by atoms with Crippen molar-refractivity contribution >= 4 is 18.2 Å². The highest BCUT2D eigenvalue weighted by Gasteiger charge is 2.33. The molecule has 1 aliphatic heterocycles. The van der Waals surface area contributed by atoms with Gasteiger partial charge < -0.3 is 10.1 Å². The van der Waals surface area contributed by atoms with Crippen LogP contribution in [0, 0.1) is 17.3 Å². The van der Waals surface area contributed by atoms with Gasteiger partial charge in [0.25, 0.3) is 0 Å². The maximum Gasteiger partial charge on any atom is 0.118 e. The summed E-state index contributed by atoms with van der Waals surface area (Å²) in [5, 5.41) is 3.79. The number of nitrogens with zero attached hydrogens (tertiary/aromatic N) is 1. The van der Waals surface area contributed by atoms with E-state index in [9.17, 15) is 0 Å². The van der Waals surface area contributed by atoms with Crippen LogP contribution in [0.5, 0.6) is 5.75 Å². The van der Waals surface area contributed by atoms with Crippen molar-refractivity contribution in [1.82, 2.24) is 5.32 Å². The number of aliphatic imine (C=N–C) groups is 1. The molecule has 4 heteroatoms. The Morgan fingerprint density at radius 3 is 2.32 bits per heavy atom. The Balaban J connectivity index is 0.00000225. The van der Waals surface area contributed by atoms with E-state index >= 15 is 0 Å². The Morgan fingerprint density at radius 1 is 1.08 bits per heavy atom. The second-order valence-electron chi connectivity index (χ2n) is 8.45. The highest BCUT2D eigenvalue weighted by atomic mass is 35.5. The molecular formula is C21H33ClN2O. The number of halogens is 1. The van der Waals surface area contributed by atoms with E-state index in [0.717, 1.165) is 30.6 Å². The molecule has 140 valence electrons. The minimum Gasteiger partial charge on any atom is -0.497 e. The Kier molecular flexibility index (Phi) is 6.79. The fraction of sp³-hybridized carbons (Fsp3) is 0.667. The average Bonchev–Trinajstić information content (AvgIpc) is 3.39. The summed E-state index contributed by atoms with van der Waals surface area (Å²) >= 11 is 0. The van der Waals surface area contributed by atoms with Crippen molar-refractivity contribution in [3.8, 4) is 5.75 Å². The number of amidine groups is 1. The van der Waals surface area contributed by atoms with Gasteiger partial charge in [-0.1, -0.05) is 32.9 Å². The number of hydrogen-bond donors (Lipinski definition) is 1. The Bertz CT molecular complexity index is 573. The van der Waals surface area contributed by atoms with Crippen molar-refractivity contribution in [2.75, 3.05) is 13.7 Å². The lowest BCUT2D eigenvalue weighted by atomic mass is 9.76. The third-order valence-corrected chi connectivity index (χ3v) is 5.63. The van der Waals surface area contributed by atoms with Crippen molar-refractivity contribution < 1.29 is 4.74 Å². The molecular weight excluding hydrogens is 332 g/mol. The number of methoxy groups -OCH3 is 1. The molecule has 3 nitrogen and oxygen atoms in total. The number of hydrogen-bond acceptors (Lipinski definition) is 3. The third-order valence-electron chi connectivity index (χ3n) is 5.63. The van der Waals surface area contributed by atoms with Gasteiger partial charge in [-0.3, -0.25) is 4.99 Å². The minimum absolute atomic E-state index is 0. The molecule has 1 fully saturated rings. The van der Waals surface area contributed by atoms with Gasteiger partial charge in [-0.05, 0) is 60.6 Å². The van der Waals surface area contributed by atoms with Gasteiger partial charge in [-0.25, -0.2) is 0 Å². The van der Waals surface area contributed by atoms with Gasteiger partial charge in [-0.2, -0.15) is 0 Å². The summed E-state index contributed by atoms with van der Waals surface area (Å²) < 4.78 is 5.29. The van der Waals surface area contributed by atoms with Crippen LogP contribution in [0.2, 0.25) is 0 Å². The molecule has 1 aliphatic carbocycles. The first-order chi connectivity index (χ1) is 11.5. The molecule has 2 aliphatic rings. The van der Waals surface area contributed by atoms with Gasteiger partial charge in [0.05, 0.1) is 19.0 Å². The zero-order chi connectivity index (χ0) is 17.2. The first-order valence-electron chi connectivity index (χ1n) is 9.41. The van der Waals surface area contributed by atoms with Gasteiger partial charge in [0.15, 0.2) is 0 Å². The van der Waals surface area contributed by atoms with Crippen LogP contribution in [0.1, 0.15) is 64.5 Å². The summed E-state index contributed by atoms with van der Waals surface area (Å²) in [6.07, 6.45) is 6.19. The molecule has 1 saturated carbocycles. The molecule has 25 heavy (non-hydrogen) atoms. The zero-order valence-corrected chi connectivity index (χ0v) is 16.9. The molecule has 0 spiro atoms. The lowest BCUT2D eigenvalue weighted by molar-refractivity contribution is 0.220. The largest absolute Gasteiger partial charge is 0.497 e. The van der Waals surface area contributed by atoms with E-state index in [-0.39, 0.29) is 12.4 Å². The molecule has 1 heterocycles. The average molecular weight is 365 g/mol. The predicted octanol–water partition coefficient (Wildman–Crippen LogP) is 5.40. The molecule has 1 N–H and O–H groups in total. The van der Waals surface area contributed by atoms with Crippen LogP contribution >= 0.6 is 12.4 Å². The van der Waals surface area contributed by atoms with Crippen molar-refractivity contribution in [1.29, 1.82) is 0 Å². The quantitative estimate of drug-likeness (QED) is 0.775. The van der Waals surface area contributed by atoms with E-state index < -0.39 is 0 Å². The number of nitrogens with one attached hydrogen (secondary N) is 1.